The fraction of sp³-hybridized carbons (Fsp3) is 0.118. The molecule has 5 heteroatoms. The van der Waals surface area contributed by atoms with Crippen molar-refractivity contribution in [2.75, 3.05) is 11.5 Å². The maximum absolute atomic E-state index is 5.89. The van der Waals surface area contributed by atoms with Crippen LogP contribution in [0.1, 0.15) is 11.1 Å². The predicted molar refractivity (Wildman–Crippen MR) is 87.9 cm³/mol. The first kappa shape index (κ1) is 14.0. The Balaban J connectivity index is 1.72. The van der Waals surface area contributed by atoms with E-state index in [0.29, 0.717) is 5.82 Å². The maximum atomic E-state index is 5.89. The van der Waals surface area contributed by atoms with Crippen LogP contribution >= 0.6 is 0 Å². The molecule has 0 saturated heterocycles. The van der Waals surface area contributed by atoms with Gasteiger partial charge in [0, 0.05) is 24.2 Å². The quantitative estimate of drug-likeness (QED) is 0.770. The Morgan fingerprint density at radius 2 is 1.45 bits per heavy atom. The second-order valence-corrected chi connectivity index (χ2v) is 5.08. The molecule has 0 atom stereocenters. The Labute approximate surface area is 129 Å². The van der Waals surface area contributed by atoms with Crippen molar-refractivity contribution in [2.45, 2.75) is 12.8 Å². The lowest BCUT2D eigenvalue weighted by Crippen LogP contribution is -2.01. The molecule has 0 bridgehead atoms. The molecule has 0 amide bonds. The number of aromatic nitrogens is 3. The van der Waals surface area contributed by atoms with Crippen LogP contribution in [-0.4, -0.2) is 15.0 Å². The third kappa shape index (κ3) is 3.20. The Hall–Kier alpha value is -2.95. The summed E-state index contributed by atoms with van der Waals surface area (Å²) in [6.07, 6.45) is 7.28. The molecular weight excluding hydrogens is 274 g/mol. The van der Waals surface area contributed by atoms with E-state index >= 15 is 0 Å². The van der Waals surface area contributed by atoms with Crippen LogP contribution in [0.4, 0.5) is 11.8 Å². The number of rotatable bonds is 4. The van der Waals surface area contributed by atoms with Crippen molar-refractivity contribution < 1.29 is 0 Å². The van der Waals surface area contributed by atoms with Crippen LogP contribution in [0.3, 0.4) is 0 Å². The van der Waals surface area contributed by atoms with Crippen molar-refractivity contribution in [3.8, 4) is 11.1 Å². The molecule has 0 spiro atoms. The van der Waals surface area contributed by atoms with Gasteiger partial charge in [-0.2, -0.15) is 4.98 Å². The highest BCUT2D eigenvalue weighted by Crippen LogP contribution is 2.24. The van der Waals surface area contributed by atoms with E-state index in [1.807, 2.05) is 36.7 Å². The number of pyridine rings is 1. The Bertz CT molecular complexity index is 754. The number of nitrogen functional groups attached to an aromatic ring is 2. The van der Waals surface area contributed by atoms with Gasteiger partial charge in [0.15, 0.2) is 0 Å². The topological polar surface area (TPSA) is 90.7 Å². The lowest BCUT2D eigenvalue weighted by atomic mass is 10.0. The van der Waals surface area contributed by atoms with Gasteiger partial charge >= 0.3 is 0 Å². The normalized spacial score (nSPS) is 10.5. The smallest absolute Gasteiger partial charge is 0.221 e. The maximum Gasteiger partial charge on any atom is 0.221 e. The third-order valence-corrected chi connectivity index (χ3v) is 3.55. The van der Waals surface area contributed by atoms with Gasteiger partial charge in [0.25, 0.3) is 0 Å². The Morgan fingerprint density at radius 1 is 0.818 bits per heavy atom. The van der Waals surface area contributed by atoms with Gasteiger partial charge in [-0.3, -0.25) is 4.98 Å². The summed E-state index contributed by atoms with van der Waals surface area (Å²) >= 11 is 0. The van der Waals surface area contributed by atoms with Crippen molar-refractivity contribution in [3.05, 3.63) is 66.1 Å². The van der Waals surface area contributed by atoms with Crippen LogP contribution in [0.15, 0.2) is 55.0 Å². The fourth-order valence-electron chi connectivity index (χ4n) is 2.32. The van der Waals surface area contributed by atoms with Gasteiger partial charge in [-0.15, -0.1) is 0 Å². The number of hydrogen-bond acceptors (Lipinski definition) is 5. The average molecular weight is 291 g/mol. The first-order chi connectivity index (χ1) is 10.7. The SMILES string of the molecule is Nc1ncc(-c2ccc(CCc3ccncc3)cc2)c(N)n1. The summed E-state index contributed by atoms with van der Waals surface area (Å²) in [6.45, 7) is 0. The second kappa shape index (κ2) is 6.22. The van der Waals surface area contributed by atoms with Crippen LogP contribution < -0.4 is 11.5 Å². The number of nitrogens with two attached hydrogens (primary N) is 2. The monoisotopic (exact) mass is 291 g/mol. The first-order valence-corrected chi connectivity index (χ1v) is 7.08. The number of anilines is 2. The zero-order chi connectivity index (χ0) is 15.4. The molecule has 0 radical (unpaired) electrons. The summed E-state index contributed by atoms with van der Waals surface area (Å²) in [6, 6.07) is 12.4. The fourth-order valence-corrected chi connectivity index (χ4v) is 2.32. The van der Waals surface area contributed by atoms with Gasteiger partial charge < -0.3 is 11.5 Å². The molecule has 110 valence electrons. The molecule has 2 aromatic heterocycles. The highest BCUT2D eigenvalue weighted by Gasteiger charge is 2.05. The lowest BCUT2D eigenvalue weighted by molar-refractivity contribution is 0.955. The van der Waals surface area contributed by atoms with Crippen LogP contribution in [-0.2, 0) is 12.8 Å². The van der Waals surface area contributed by atoms with E-state index in [1.54, 1.807) is 6.20 Å². The molecule has 4 N–H and O–H groups in total. The van der Waals surface area contributed by atoms with Crippen LogP contribution in [0.2, 0.25) is 0 Å². The molecular formula is C17H17N5. The third-order valence-electron chi connectivity index (χ3n) is 3.55. The van der Waals surface area contributed by atoms with Crippen molar-refractivity contribution in [3.63, 3.8) is 0 Å². The molecule has 1 aromatic carbocycles. The highest BCUT2D eigenvalue weighted by molar-refractivity contribution is 5.73. The number of nitrogens with zero attached hydrogens (tertiary/aromatic N) is 3. The lowest BCUT2D eigenvalue weighted by Gasteiger charge is -2.07. The van der Waals surface area contributed by atoms with E-state index in [-0.39, 0.29) is 5.95 Å². The largest absolute Gasteiger partial charge is 0.383 e. The number of aryl methyl sites for hydroxylation is 2. The van der Waals surface area contributed by atoms with Crippen molar-refractivity contribution in [1.29, 1.82) is 0 Å². The minimum atomic E-state index is 0.190. The molecule has 3 aromatic rings. The molecule has 0 unspecified atom stereocenters. The summed E-state index contributed by atoms with van der Waals surface area (Å²) in [5, 5.41) is 0. The molecule has 0 fully saturated rings. The van der Waals surface area contributed by atoms with E-state index in [2.05, 4.69) is 27.1 Å². The minimum Gasteiger partial charge on any atom is -0.383 e. The summed E-state index contributed by atoms with van der Waals surface area (Å²) in [5.41, 5.74) is 15.8. The van der Waals surface area contributed by atoms with Crippen LogP contribution in [0.5, 0.6) is 0 Å². The Morgan fingerprint density at radius 3 is 2.09 bits per heavy atom. The van der Waals surface area contributed by atoms with Gasteiger partial charge in [0.1, 0.15) is 5.82 Å². The van der Waals surface area contributed by atoms with Crippen molar-refractivity contribution >= 4 is 11.8 Å². The standard InChI is InChI=1S/C17H17N5/c18-16-15(11-21-17(19)22-16)14-5-3-12(4-6-14)1-2-13-7-9-20-10-8-13/h3-11H,1-2H2,(H4,18,19,21,22). The predicted octanol–water partition coefficient (Wildman–Crippen LogP) is 2.49. The zero-order valence-corrected chi connectivity index (χ0v) is 12.1. The van der Waals surface area contributed by atoms with E-state index in [4.69, 9.17) is 11.5 Å². The molecule has 0 aliphatic rings. The van der Waals surface area contributed by atoms with E-state index in [9.17, 15) is 0 Å². The first-order valence-electron chi connectivity index (χ1n) is 7.08. The summed E-state index contributed by atoms with van der Waals surface area (Å²) in [4.78, 5) is 12.0. The molecule has 0 aliphatic carbocycles. The molecule has 2 heterocycles. The summed E-state index contributed by atoms with van der Waals surface area (Å²) < 4.78 is 0. The molecule has 0 saturated carbocycles. The van der Waals surface area contributed by atoms with Gasteiger partial charge in [0.2, 0.25) is 5.95 Å². The zero-order valence-electron chi connectivity index (χ0n) is 12.1. The van der Waals surface area contributed by atoms with Gasteiger partial charge in [-0.05, 0) is 41.7 Å². The molecule has 22 heavy (non-hydrogen) atoms. The highest BCUT2D eigenvalue weighted by atomic mass is 15.0. The molecule has 3 rings (SSSR count). The van der Waals surface area contributed by atoms with Crippen LogP contribution in [0.25, 0.3) is 11.1 Å². The molecule has 5 nitrogen and oxygen atoms in total. The van der Waals surface area contributed by atoms with Crippen molar-refractivity contribution in [2.24, 2.45) is 0 Å². The van der Waals surface area contributed by atoms with E-state index in [1.165, 1.54) is 11.1 Å². The summed E-state index contributed by atoms with van der Waals surface area (Å²) in [7, 11) is 0. The van der Waals surface area contributed by atoms with Gasteiger partial charge in [-0.1, -0.05) is 24.3 Å². The minimum absolute atomic E-state index is 0.190. The van der Waals surface area contributed by atoms with Crippen LogP contribution in [0, 0.1) is 0 Å². The molecule has 0 aliphatic heterocycles. The number of hydrogen-bond donors (Lipinski definition) is 2. The second-order valence-electron chi connectivity index (χ2n) is 5.08. The van der Waals surface area contributed by atoms with Gasteiger partial charge in [0.05, 0.1) is 0 Å². The Kier molecular flexibility index (Phi) is 3.96. The van der Waals surface area contributed by atoms with Crippen molar-refractivity contribution in [1.82, 2.24) is 15.0 Å². The number of benzene rings is 1. The average Bonchev–Trinajstić information content (AvgIpc) is 2.55. The van der Waals surface area contributed by atoms with E-state index in [0.717, 1.165) is 24.0 Å². The van der Waals surface area contributed by atoms with Gasteiger partial charge in [-0.25, -0.2) is 4.98 Å². The summed E-state index contributed by atoms with van der Waals surface area (Å²) in [5.74, 6) is 0.590. The van der Waals surface area contributed by atoms with E-state index < -0.39 is 0 Å².